The van der Waals surface area contributed by atoms with Crippen LogP contribution in [0.4, 0.5) is 0 Å². The minimum absolute atomic E-state index is 0.133. The quantitative estimate of drug-likeness (QED) is 0.167. The van der Waals surface area contributed by atoms with E-state index in [4.69, 9.17) is 9.97 Å². The van der Waals surface area contributed by atoms with Gasteiger partial charge in [-0.05, 0) is 96.9 Å². The molecule has 310 valence electrons. The summed E-state index contributed by atoms with van der Waals surface area (Å²) in [5.41, 5.74) is 18.3. The molecule has 0 atom stereocenters. The number of fused-ring (bicyclic) bond motifs is 8. The average Bonchev–Trinajstić information content (AvgIpc) is 3.83. The molecule has 66 heavy (non-hydrogen) atoms. The van der Waals surface area contributed by atoms with E-state index in [1.165, 1.54) is 71.3 Å². The van der Waals surface area contributed by atoms with Crippen LogP contribution < -0.4 is 0 Å². The van der Waals surface area contributed by atoms with Gasteiger partial charge in [0.25, 0.3) is 0 Å². The second kappa shape index (κ2) is 14.8. The van der Waals surface area contributed by atoms with Crippen LogP contribution in [0.15, 0.2) is 224 Å². The molecule has 10 aromatic carbocycles. The van der Waals surface area contributed by atoms with Crippen molar-refractivity contribution in [1.29, 1.82) is 0 Å². The molecule has 3 heteroatoms. The van der Waals surface area contributed by atoms with E-state index >= 15 is 0 Å². The molecule has 0 unspecified atom stereocenters. The Balaban J connectivity index is 1.02. The molecule has 2 aromatic heterocycles. The maximum Gasteiger partial charge on any atom is 0.160 e. The minimum atomic E-state index is -0.133. The van der Waals surface area contributed by atoms with E-state index in [0.29, 0.717) is 5.82 Å². The van der Waals surface area contributed by atoms with Crippen LogP contribution >= 0.6 is 0 Å². The van der Waals surface area contributed by atoms with E-state index in [0.717, 1.165) is 50.3 Å². The standard InChI is InChI=1S/C63H43N3/c1-63(2)55-33-18-30-51(60(55)54-37-41-21-9-10-22-42(41)38-56(54)63)47-35-36-49(45-26-12-11-25-44(45)47)58-39-57(64-62(65-58)40-19-5-3-6-20-40)48-28-14-13-27-46(48)52-31-17-32-53-50-29-15-16-34-59(50)66(61(52)53)43-23-7-4-8-24-43/h3-39H,1-2H3. The lowest BCUT2D eigenvalue weighted by Gasteiger charge is -2.22. The lowest BCUT2D eigenvalue weighted by atomic mass is 9.81. The van der Waals surface area contributed by atoms with Gasteiger partial charge in [-0.3, -0.25) is 0 Å². The molecule has 13 rings (SSSR count). The van der Waals surface area contributed by atoms with E-state index in [1.54, 1.807) is 0 Å². The molecule has 0 radical (unpaired) electrons. The van der Waals surface area contributed by atoms with Gasteiger partial charge in [-0.2, -0.15) is 0 Å². The van der Waals surface area contributed by atoms with Gasteiger partial charge < -0.3 is 4.57 Å². The Kier molecular flexibility index (Phi) is 8.56. The maximum absolute atomic E-state index is 5.41. The number of hydrogen-bond donors (Lipinski definition) is 0. The van der Waals surface area contributed by atoms with Gasteiger partial charge in [-0.1, -0.05) is 202 Å². The van der Waals surface area contributed by atoms with Crippen molar-refractivity contribution < 1.29 is 0 Å². The lowest BCUT2D eigenvalue weighted by molar-refractivity contribution is 0.661. The van der Waals surface area contributed by atoms with Gasteiger partial charge in [0.15, 0.2) is 5.82 Å². The second-order valence-corrected chi connectivity index (χ2v) is 18.1. The Bertz CT molecular complexity index is 3900. The summed E-state index contributed by atoms with van der Waals surface area (Å²) in [4.78, 5) is 10.8. The monoisotopic (exact) mass is 841 g/mol. The van der Waals surface area contributed by atoms with Crippen LogP contribution in [0.5, 0.6) is 0 Å². The van der Waals surface area contributed by atoms with Crippen molar-refractivity contribution in [3.8, 4) is 73.0 Å². The highest BCUT2D eigenvalue weighted by Crippen LogP contribution is 2.54. The summed E-state index contributed by atoms with van der Waals surface area (Å²) in [5, 5.41) is 7.33. The van der Waals surface area contributed by atoms with Gasteiger partial charge in [0.05, 0.1) is 22.4 Å². The molecular formula is C63H43N3. The number of benzene rings is 10. The Morgan fingerprint density at radius 3 is 1.71 bits per heavy atom. The van der Waals surface area contributed by atoms with Crippen molar-refractivity contribution in [2.75, 3.05) is 0 Å². The number of para-hydroxylation sites is 3. The minimum Gasteiger partial charge on any atom is -0.309 e. The van der Waals surface area contributed by atoms with E-state index in [-0.39, 0.29) is 5.41 Å². The first-order valence-electron chi connectivity index (χ1n) is 22.8. The molecule has 0 bridgehead atoms. The first-order chi connectivity index (χ1) is 32.5. The first kappa shape index (κ1) is 38.1. The topological polar surface area (TPSA) is 30.7 Å². The van der Waals surface area contributed by atoms with Crippen molar-refractivity contribution in [3.05, 3.63) is 236 Å². The Morgan fingerprint density at radius 2 is 0.924 bits per heavy atom. The van der Waals surface area contributed by atoms with Crippen LogP contribution in [-0.2, 0) is 5.41 Å². The molecule has 0 saturated heterocycles. The van der Waals surface area contributed by atoms with Crippen molar-refractivity contribution in [2.24, 2.45) is 0 Å². The Labute approximate surface area is 384 Å². The predicted molar refractivity (Wildman–Crippen MR) is 276 cm³/mol. The summed E-state index contributed by atoms with van der Waals surface area (Å²) in [6, 6.07) is 81.3. The van der Waals surface area contributed by atoms with Crippen molar-refractivity contribution in [2.45, 2.75) is 19.3 Å². The van der Waals surface area contributed by atoms with Gasteiger partial charge in [-0.25, -0.2) is 9.97 Å². The van der Waals surface area contributed by atoms with Crippen LogP contribution in [0.3, 0.4) is 0 Å². The van der Waals surface area contributed by atoms with Gasteiger partial charge >= 0.3 is 0 Å². The molecule has 0 saturated carbocycles. The summed E-state index contributed by atoms with van der Waals surface area (Å²) in [6.45, 7) is 4.74. The van der Waals surface area contributed by atoms with Gasteiger partial charge in [0.1, 0.15) is 0 Å². The highest BCUT2D eigenvalue weighted by Gasteiger charge is 2.37. The lowest BCUT2D eigenvalue weighted by Crippen LogP contribution is -2.14. The van der Waals surface area contributed by atoms with Crippen LogP contribution in [-0.4, -0.2) is 14.5 Å². The molecule has 2 heterocycles. The smallest absolute Gasteiger partial charge is 0.160 e. The summed E-state index contributed by atoms with van der Waals surface area (Å²) < 4.78 is 2.41. The molecule has 0 fully saturated rings. The number of nitrogens with zero attached hydrogens (tertiary/aromatic N) is 3. The molecule has 0 amide bonds. The Hall–Kier alpha value is -8.40. The molecule has 12 aromatic rings. The molecule has 3 nitrogen and oxygen atoms in total. The second-order valence-electron chi connectivity index (χ2n) is 18.1. The SMILES string of the molecule is CC1(C)c2cc3ccccc3cc2-c2c(-c3ccc(-c4cc(-c5ccccc5-c5cccc6c7ccccc7n(-c7ccccc7)c56)nc(-c5ccccc5)n4)c4ccccc34)cccc21. The average molecular weight is 842 g/mol. The number of aromatic nitrogens is 3. The van der Waals surface area contributed by atoms with Crippen LogP contribution in [0, 0.1) is 0 Å². The zero-order chi connectivity index (χ0) is 43.9. The van der Waals surface area contributed by atoms with Crippen LogP contribution in [0.25, 0.3) is 116 Å². The number of hydrogen-bond acceptors (Lipinski definition) is 2. The fraction of sp³-hybridized carbons (Fsp3) is 0.0476. The molecule has 0 aliphatic heterocycles. The van der Waals surface area contributed by atoms with Crippen LogP contribution in [0.1, 0.15) is 25.0 Å². The van der Waals surface area contributed by atoms with E-state index < -0.39 is 0 Å². The van der Waals surface area contributed by atoms with E-state index in [1.807, 2.05) is 6.07 Å². The zero-order valence-corrected chi connectivity index (χ0v) is 36.7. The first-order valence-corrected chi connectivity index (χ1v) is 22.8. The van der Waals surface area contributed by atoms with Crippen LogP contribution in [0.2, 0.25) is 0 Å². The third-order valence-corrected chi connectivity index (χ3v) is 14.0. The van der Waals surface area contributed by atoms with Gasteiger partial charge in [0.2, 0.25) is 0 Å². The maximum atomic E-state index is 5.41. The van der Waals surface area contributed by atoms with E-state index in [2.05, 4.69) is 237 Å². The normalized spacial score (nSPS) is 12.8. The summed E-state index contributed by atoms with van der Waals surface area (Å²) in [5.74, 6) is 0.689. The molecule has 0 spiro atoms. The third kappa shape index (κ3) is 5.83. The Morgan fingerprint density at radius 1 is 0.364 bits per heavy atom. The summed E-state index contributed by atoms with van der Waals surface area (Å²) in [7, 11) is 0. The molecule has 0 N–H and O–H groups in total. The fourth-order valence-electron chi connectivity index (χ4n) is 10.9. The summed E-state index contributed by atoms with van der Waals surface area (Å²) >= 11 is 0. The molecular weight excluding hydrogens is 799 g/mol. The van der Waals surface area contributed by atoms with Crippen molar-refractivity contribution in [3.63, 3.8) is 0 Å². The largest absolute Gasteiger partial charge is 0.309 e. The highest BCUT2D eigenvalue weighted by molar-refractivity contribution is 6.15. The van der Waals surface area contributed by atoms with Gasteiger partial charge in [-0.15, -0.1) is 0 Å². The van der Waals surface area contributed by atoms with Crippen molar-refractivity contribution >= 4 is 43.4 Å². The highest BCUT2D eigenvalue weighted by atomic mass is 15.0. The molecule has 1 aliphatic carbocycles. The predicted octanol–water partition coefficient (Wildman–Crippen LogP) is 16.5. The third-order valence-electron chi connectivity index (χ3n) is 14.0. The van der Waals surface area contributed by atoms with Gasteiger partial charge in [0, 0.05) is 44.1 Å². The number of rotatable bonds is 6. The zero-order valence-electron chi connectivity index (χ0n) is 36.7. The van der Waals surface area contributed by atoms with E-state index in [9.17, 15) is 0 Å². The van der Waals surface area contributed by atoms with Crippen molar-refractivity contribution in [1.82, 2.24) is 14.5 Å². The molecule has 1 aliphatic rings. The fourth-order valence-corrected chi connectivity index (χ4v) is 10.9. The summed E-state index contributed by atoms with van der Waals surface area (Å²) in [6.07, 6.45) is 0.